The first kappa shape index (κ1) is 13.6. The minimum absolute atomic E-state index is 0.231. The minimum atomic E-state index is -1.72. The molecule has 0 saturated carbocycles. The number of benzene rings is 2. The Morgan fingerprint density at radius 2 is 1.74 bits per heavy atom. The molecule has 2 aromatic carbocycles. The molecule has 0 aliphatic carbocycles. The Kier molecular flexibility index (Phi) is 3.93. The largest absolute Gasteiger partial charge is 0.380 e. The maximum Gasteiger partial charge on any atom is 0.195 e. The maximum atomic E-state index is 13.7. The summed E-state index contributed by atoms with van der Waals surface area (Å²) in [5.41, 5.74) is -0.116. The molecule has 0 radical (unpaired) electrons. The van der Waals surface area contributed by atoms with E-state index in [-0.39, 0.29) is 11.1 Å². The number of carbonyl (C=O) groups is 1. The smallest absolute Gasteiger partial charge is 0.195 e. The number of halogens is 3. The van der Waals surface area contributed by atoms with Gasteiger partial charge in [0.25, 0.3) is 0 Å². The molecular weight excluding hydrogens is 274 g/mol. The summed E-state index contributed by atoms with van der Waals surface area (Å²) in [4.78, 5) is 11.9. The van der Waals surface area contributed by atoms with Gasteiger partial charge < -0.3 is 5.11 Å². The summed E-state index contributed by atoms with van der Waals surface area (Å²) >= 11 is 5.41. The molecule has 0 saturated heterocycles. The molecule has 2 nitrogen and oxygen atoms in total. The fraction of sp³-hybridized carbons (Fsp3) is 0.0714. The zero-order valence-electron chi connectivity index (χ0n) is 9.61. The second-order valence-corrected chi connectivity index (χ2v) is 4.28. The Hall–Kier alpha value is -1.78. The average Bonchev–Trinajstić information content (AvgIpc) is 2.44. The lowest BCUT2D eigenvalue weighted by Gasteiger charge is -2.12. The molecule has 1 unspecified atom stereocenters. The van der Waals surface area contributed by atoms with Gasteiger partial charge in [0.15, 0.2) is 11.6 Å². The predicted octanol–water partition coefficient (Wildman–Crippen LogP) is 3.53. The van der Waals surface area contributed by atoms with Crippen LogP contribution in [0.15, 0.2) is 42.5 Å². The lowest BCUT2D eigenvalue weighted by atomic mass is 9.99. The molecule has 1 N–H and O–H groups in total. The highest BCUT2D eigenvalue weighted by molar-refractivity contribution is 6.31. The van der Waals surface area contributed by atoms with Crippen molar-refractivity contribution in [3.63, 3.8) is 0 Å². The van der Waals surface area contributed by atoms with Crippen molar-refractivity contribution in [3.05, 3.63) is 70.2 Å². The number of ketones is 1. The molecule has 1 atom stereocenters. The van der Waals surface area contributed by atoms with Gasteiger partial charge in [-0.3, -0.25) is 4.79 Å². The third-order valence-corrected chi connectivity index (χ3v) is 3.01. The van der Waals surface area contributed by atoms with Crippen molar-refractivity contribution in [1.29, 1.82) is 0 Å². The quantitative estimate of drug-likeness (QED) is 0.691. The van der Waals surface area contributed by atoms with Gasteiger partial charge in [-0.2, -0.15) is 0 Å². The van der Waals surface area contributed by atoms with Gasteiger partial charge in [-0.15, -0.1) is 0 Å². The van der Waals surface area contributed by atoms with Crippen LogP contribution in [0.3, 0.4) is 0 Å². The van der Waals surface area contributed by atoms with Crippen LogP contribution >= 0.6 is 11.6 Å². The monoisotopic (exact) mass is 282 g/mol. The van der Waals surface area contributed by atoms with E-state index in [0.717, 1.165) is 12.1 Å². The van der Waals surface area contributed by atoms with Crippen LogP contribution in [0, 0.1) is 11.6 Å². The van der Waals surface area contributed by atoms with Crippen molar-refractivity contribution < 1.29 is 18.7 Å². The first-order valence-corrected chi connectivity index (χ1v) is 5.81. The van der Waals surface area contributed by atoms with Gasteiger partial charge in [0, 0.05) is 11.1 Å². The van der Waals surface area contributed by atoms with Gasteiger partial charge in [0.1, 0.15) is 16.9 Å². The standard InChI is InChI=1S/C14H9ClF2O2/c15-11-10(16)7-6-9(12(11)17)14(19)13(18)8-4-2-1-3-5-8/h1-7,14,19H. The number of carbonyl (C=O) groups excluding carboxylic acids is 1. The number of hydrogen-bond acceptors (Lipinski definition) is 2. The van der Waals surface area contributed by atoms with Crippen molar-refractivity contribution in [1.82, 2.24) is 0 Å². The highest BCUT2D eigenvalue weighted by atomic mass is 35.5. The van der Waals surface area contributed by atoms with Crippen LogP contribution in [0.4, 0.5) is 8.78 Å². The summed E-state index contributed by atoms with van der Waals surface area (Å²) in [6.45, 7) is 0. The second-order valence-electron chi connectivity index (χ2n) is 3.90. The van der Waals surface area contributed by atoms with E-state index in [1.807, 2.05) is 0 Å². The van der Waals surface area contributed by atoms with Crippen LogP contribution < -0.4 is 0 Å². The predicted molar refractivity (Wildman–Crippen MR) is 67.1 cm³/mol. The fourth-order valence-electron chi connectivity index (χ4n) is 1.65. The summed E-state index contributed by atoms with van der Waals surface area (Å²) < 4.78 is 26.7. The molecule has 0 aliphatic heterocycles. The SMILES string of the molecule is O=C(c1ccccc1)C(O)c1ccc(F)c(Cl)c1F. The van der Waals surface area contributed by atoms with E-state index >= 15 is 0 Å². The van der Waals surface area contributed by atoms with Crippen molar-refractivity contribution in [3.8, 4) is 0 Å². The second kappa shape index (κ2) is 5.47. The average molecular weight is 283 g/mol. The summed E-state index contributed by atoms with van der Waals surface area (Å²) in [5.74, 6) is -2.75. The van der Waals surface area contributed by atoms with E-state index in [2.05, 4.69) is 0 Å². The van der Waals surface area contributed by atoms with E-state index in [1.165, 1.54) is 12.1 Å². The van der Waals surface area contributed by atoms with Crippen molar-refractivity contribution in [2.45, 2.75) is 6.10 Å². The normalized spacial score (nSPS) is 12.2. The Morgan fingerprint density at radius 3 is 2.37 bits per heavy atom. The van der Waals surface area contributed by atoms with E-state index in [0.29, 0.717) is 0 Å². The molecule has 2 rings (SSSR count). The first-order valence-electron chi connectivity index (χ1n) is 5.43. The van der Waals surface area contributed by atoms with Crippen molar-refractivity contribution >= 4 is 17.4 Å². The number of aliphatic hydroxyl groups is 1. The first-order chi connectivity index (χ1) is 9.02. The Morgan fingerprint density at radius 1 is 1.11 bits per heavy atom. The fourth-order valence-corrected chi connectivity index (χ4v) is 1.83. The van der Waals surface area contributed by atoms with Crippen molar-refractivity contribution in [2.24, 2.45) is 0 Å². The summed E-state index contributed by atoms with van der Waals surface area (Å²) in [6.07, 6.45) is -1.72. The van der Waals surface area contributed by atoms with Crippen LogP contribution in [0.25, 0.3) is 0 Å². The third-order valence-electron chi connectivity index (χ3n) is 2.67. The molecule has 0 heterocycles. The van der Waals surface area contributed by atoms with Crippen LogP contribution in [-0.4, -0.2) is 10.9 Å². The molecule has 0 spiro atoms. The lowest BCUT2D eigenvalue weighted by Crippen LogP contribution is -2.14. The number of hydrogen-bond donors (Lipinski definition) is 1. The van der Waals surface area contributed by atoms with Gasteiger partial charge >= 0.3 is 0 Å². The molecule has 0 amide bonds. The van der Waals surface area contributed by atoms with Crippen LogP contribution in [0.2, 0.25) is 5.02 Å². The molecule has 2 aromatic rings. The molecule has 0 aliphatic rings. The molecule has 19 heavy (non-hydrogen) atoms. The Balaban J connectivity index is 2.38. The van der Waals surface area contributed by atoms with Crippen molar-refractivity contribution in [2.75, 3.05) is 0 Å². The highest BCUT2D eigenvalue weighted by Gasteiger charge is 2.24. The third kappa shape index (κ3) is 2.64. The number of Topliss-reactive ketones (excluding diaryl/α,β-unsaturated/α-hetero) is 1. The van der Waals surface area contributed by atoms with E-state index in [4.69, 9.17) is 11.6 Å². The summed E-state index contributed by atoms with van der Waals surface area (Å²) in [7, 11) is 0. The molecule has 0 bridgehead atoms. The van der Waals surface area contributed by atoms with Gasteiger partial charge in [0.2, 0.25) is 0 Å². The van der Waals surface area contributed by atoms with Gasteiger partial charge in [-0.1, -0.05) is 48.0 Å². The Labute approximate surface area is 113 Å². The van der Waals surface area contributed by atoms with E-state index in [1.54, 1.807) is 18.2 Å². The zero-order valence-corrected chi connectivity index (χ0v) is 10.4. The van der Waals surface area contributed by atoms with Gasteiger partial charge in [-0.05, 0) is 6.07 Å². The molecular formula is C14H9ClF2O2. The summed E-state index contributed by atoms with van der Waals surface area (Å²) in [5, 5.41) is 9.13. The van der Waals surface area contributed by atoms with Gasteiger partial charge in [-0.25, -0.2) is 8.78 Å². The molecule has 98 valence electrons. The zero-order chi connectivity index (χ0) is 14.0. The van der Waals surface area contributed by atoms with Crippen LogP contribution in [-0.2, 0) is 0 Å². The van der Waals surface area contributed by atoms with Crippen LogP contribution in [0.1, 0.15) is 22.0 Å². The molecule has 0 aromatic heterocycles. The topological polar surface area (TPSA) is 37.3 Å². The van der Waals surface area contributed by atoms with Crippen LogP contribution in [0.5, 0.6) is 0 Å². The minimum Gasteiger partial charge on any atom is -0.380 e. The molecule has 5 heteroatoms. The summed E-state index contributed by atoms with van der Waals surface area (Å²) in [6, 6.07) is 9.84. The maximum absolute atomic E-state index is 13.7. The van der Waals surface area contributed by atoms with E-state index in [9.17, 15) is 18.7 Å². The van der Waals surface area contributed by atoms with E-state index < -0.39 is 28.5 Å². The number of rotatable bonds is 3. The Bertz CT molecular complexity index is 614. The highest BCUT2D eigenvalue weighted by Crippen LogP contribution is 2.27. The molecule has 0 fully saturated rings. The number of aliphatic hydroxyl groups excluding tert-OH is 1. The lowest BCUT2D eigenvalue weighted by molar-refractivity contribution is 0.0740. The van der Waals surface area contributed by atoms with Gasteiger partial charge in [0.05, 0.1) is 0 Å².